The molecular formula is C12H11Cl3N4. The summed E-state index contributed by atoms with van der Waals surface area (Å²) in [5, 5.41) is 4.62. The Morgan fingerprint density at radius 3 is 2.53 bits per heavy atom. The zero-order valence-corrected chi connectivity index (χ0v) is 12.3. The van der Waals surface area contributed by atoms with Gasteiger partial charge in [0.25, 0.3) is 0 Å². The Bertz CT molecular complexity index is 583. The van der Waals surface area contributed by atoms with Crippen LogP contribution >= 0.6 is 34.8 Å². The molecule has 0 radical (unpaired) electrons. The summed E-state index contributed by atoms with van der Waals surface area (Å²) in [6, 6.07) is 6.85. The van der Waals surface area contributed by atoms with Crippen molar-refractivity contribution < 1.29 is 0 Å². The van der Waals surface area contributed by atoms with Gasteiger partial charge in [0.1, 0.15) is 11.0 Å². The molecule has 19 heavy (non-hydrogen) atoms. The van der Waals surface area contributed by atoms with E-state index in [1.54, 1.807) is 18.2 Å². The molecule has 0 saturated carbocycles. The summed E-state index contributed by atoms with van der Waals surface area (Å²) < 4.78 is 0. The van der Waals surface area contributed by atoms with Crippen molar-refractivity contribution in [1.82, 2.24) is 9.97 Å². The molecular weight excluding hydrogens is 307 g/mol. The van der Waals surface area contributed by atoms with Crippen molar-refractivity contribution in [2.45, 2.75) is 13.0 Å². The number of rotatable bonds is 3. The fourth-order valence-electron chi connectivity index (χ4n) is 1.66. The van der Waals surface area contributed by atoms with E-state index in [4.69, 9.17) is 40.5 Å². The highest BCUT2D eigenvalue weighted by molar-refractivity contribution is 6.35. The fraction of sp³-hybridized carbons (Fsp3) is 0.167. The van der Waals surface area contributed by atoms with Crippen LogP contribution in [0.1, 0.15) is 18.5 Å². The van der Waals surface area contributed by atoms with Gasteiger partial charge in [-0.05, 0) is 24.6 Å². The van der Waals surface area contributed by atoms with Crippen molar-refractivity contribution in [3.8, 4) is 0 Å². The van der Waals surface area contributed by atoms with Gasteiger partial charge in [0.2, 0.25) is 5.95 Å². The molecule has 0 aliphatic rings. The van der Waals surface area contributed by atoms with Gasteiger partial charge in [-0.15, -0.1) is 0 Å². The second-order valence-electron chi connectivity index (χ2n) is 3.97. The SMILES string of the molecule is CC(Nc1cc(Cl)nc(N)n1)c1ccc(Cl)cc1Cl. The third-order valence-corrected chi connectivity index (χ3v) is 3.26. The van der Waals surface area contributed by atoms with E-state index in [1.165, 1.54) is 0 Å². The van der Waals surface area contributed by atoms with Gasteiger partial charge in [0.15, 0.2) is 0 Å². The van der Waals surface area contributed by atoms with Crippen LogP contribution in [-0.2, 0) is 0 Å². The van der Waals surface area contributed by atoms with Crippen LogP contribution in [0.25, 0.3) is 0 Å². The van der Waals surface area contributed by atoms with Gasteiger partial charge in [-0.1, -0.05) is 40.9 Å². The Morgan fingerprint density at radius 2 is 1.89 bits per heavy atom. The summed E-state index contributed by atoms with van der Waals surface area (Å²) in [5.41, 5.74) is 6.44. The van der Waals surface area contributed by atoms with Crippen LogP contribution in [0.3, 0.4) is 0 Å². The third-order valence-electron chi connectivity index (χ3n) is 2.51. The number of halogens is 3. The summed E-state index contributed by atoms with van der Waals surface area (Å²) in [6.07, 6.45) is 0. The van der Waals surface area contributed by atoms with E-state index in [-0.39, 0.29) is 17.1 Å². The summed E-state index contributed by atoms with van der Waals surface area (Å²) >= 11 is 17.8. The highest BCUT2D eigenvalue weighted by atomic mass is 35.5. The van der Waals surface area contributed by atoms with Crippen molar-refractivity contribution >= 4 is 46.6 Å². The average molecular weight is 318 g/mol. The van der Waals surface area contributed by atoms with E-state index in [1.807, 2.05) is 13.0 Å². The van der Waals surface area contributed by atoms with Gasteiger partial charge in [0.05, 0.1) is 6.04 Å². The predicted octanol–water partition coefficient (Wildman–Crippen LogP) is 4.19. The van der Waals surface area contributed by atoms with Gasteiger partial charge >= 0.3 is 0 Å². The molecule has 1 aromatic heterocycles. The highest BCUT2D eigenvalue weighted by Gasteiger charge is 2.11. The maximum atomic E-state index is 6.15. The van der Waals surface area contributed by atoms with Crippen LogP contribution in [0.5, 0.6) is 0 Å². The number of nitrogen functional groups attached to an aromatic ring is 1. The maximum absolute atomic E-state index is 6.15. The minimum absolute atomic E-state index is 0.0740. The first-order valence-electron chi connectivity index (χ1n) is 5.47. The van der Waals surface area contributed by atoms with E-state index in [0.29, 0.717) is 15.9 Å². The standard InChI is InChI=1S/C12H11Cl3N4/c1-6(8-3-2-7(13)4-9(8)14)17-11-5-10(15)18-12(16)19-11/h2-6H,1H3,(H3,16,17,18,19). The zero-order chi connectivity index (χ0) is 14.0. The molecule has 0 amide bonds. The Kier molecular flexibility index (Phi) is 4.34. The van der Waals surface area contributed by atoms with Crippen LogP contribution in [0, 0.1) is 0 Å². The molecule has 1 aromatic carbocycles. The van der Waals surface area contributed by atoms with Crippen LogP contribution in [0.4, 0.5) is 11.8 Å². The average Bonchev–Trinajstić information content (AvgIpc) is 2.26. The number of nitrogens with one attached hydrogen (secondary N) is 1. The molecule has 0 spiro atoms. The highest BCUT2D eigenvalue weighted by Crippen LogP contribution is 2.28. The molecule has 1 unspecified atom stereocenters. The monoisotopic (exact) mass is 316 g/mol. The predicted molar refractivity (Wildman–Crippen MR) is 80.0 cm³/mol. The first-order chi connectivity index (χ1) is 8.95. The Hall–Kier alpha value is -1.23. The van der Waals surface area contributed by atoms with Gasteiger partial charge in [-0.25, -0.2) is 4.98 Å². The molecule has 7 heteroatoms. The number of benzene rings is 1. The summed E-state index contributed by atoms with van der Waals surface area (Å²) in [4.78, 5) is 7.84. The summed E-state index contributed by atoms with van der Waals surface area (Å²) in [7, 11) is 0. The maximum Gasteiger partial charge on any atom is 0.223 e. The molecule has 4 nitrogen and oxygen atoms in total. The third kappa shape index (κ3) is 3.62. The first kappa shape index (κ1) is 14.2. The molecule has 100 valence electrons. The molecule has 1 heterocycles. The number of hydrogen-bond acceptors (Lipinski definition) is 4. The molecule has 0 fully saturated rings. The molecule has 0 aliphatic heterocycles. The van der Waals surface area contributed by atoms with Crippen LogP contribution in [0.15, 0.2) is 24.3 Å². The molecule has 2 rings (SSSR count). The first-order valence-corrected chi connectivity index (χ1v) is 6.60. The Morgan fingerprint density at radius 1 is 1.16 bits per heavy atom. The lowest BCUT2D eigenvalue weighted by Crippen LogP contribution is -2.10. The van der Waals surface area contributed by atoms with Crippen LogP contribution in [0.2, 0.25) is 15.2 Å². The minimum Gasteiger partial charge on any atom is -0.368 e. The second-order valence-corrected chi connectivity index (χ2v) is 5.20. The molecule has 0 bridgehead atoms. The van der Waals surface area contributed by atoms with Gasteiger partial charge in [0, 0.05) is 16.1 Å². The van der Waals surface area contributed by atoms with E-state index in [2.05, 4.69) is 15.3 Å². The number of nitrogens with two attached hydrogens (primary N) is 1. The largest absolute Gasteiger partial charge is 0.368 e. The van der Waals surface area contributed by atoms with Gasteiger partial charge in [-0.2, -0.15) is 4.98 Å². The zero-order valence-electron chi connectivity index (χ0n) is 9.99. The molecule has 3 N–H and O–H groups in total. The van der Waals surface area contributed by atoms with Crippen molar-refractivity contribution in [2.24, 2.45) is 0 Å². The van der Waals surface area contributed by atoms with Crippen LogP contribution < -0.4 is 11.1 Å². The smallest absolute Gasteiger partial charge is 0.223 e. The van der Waals surface area contributed by atoms with E-state index in [0.717, 1.165) is 5.56 Å². The fourth-order valence-corrected chi connectivity index (χ4v) is 2.42. The number of anilines is 2. The quantitative estimate of drug-likeness (QED) is 0.833. The van der Waals surface area contributed by atoms with Crippen molar-refractivity contribution in [2.75, 3.05) is 11.1 Å². The lowest BCUT2D eigenvalue weighted by Gasteiger charge is -2.16. The van der Waals surface area contributed by atoms with Gasteiger partial charge in [-0.3, -0.25) is 0 Å². The lowest BCUT2D eigenvalue weighted by molar-refractivity contribution is 0.873. The topological polar surface area (TPSA) is 63.8 Å². The normalized spacial score (nSPS) is 12.2. The lowest BCUT2D eigenvalue weighted by atomic mass is 10.1. The number of hydrogen-bond donors (Lipinski definition) is 2. The molecule has 0 aliphatic carbocycles. The van der Waals surface area contributed by atoms with E-state index in [9.17, 15) is 0 Å². The summed E-state index contributed by atoms with van der Waals surface area (Å²) in [6.45, 7) is 1.95. The number of aromatic nitrogens is 2. The Labute approximate surface area is 125 Å². The van der Waals surface area contributed by atoms with Crippen molar-refractivity contribution in [3.63, 3.8) is 0 Å². The molecule has 1 atom stereocenters. The number of nitrogens with zero attached hydrogens (tertiary/aromatic N) is 2. The molecule has 2 aromatic rings. The minimum atomic E-state index is -0.0740. The van der Waals surface area contributed by atoms with E-state index < -0.39 is 0 Å². The summed E-state index contributed by atoms with van der Waals surface area (Å²) in [5.74, 6) is 0.653. The Balaban J connectivity index is 2.22. The van der Waals surface area contributed by atoms with Crippen molar-refractivity contribution in [3.05, 3.63) is 45.0 Å². The van der Waals surface area contributed by atoms with Crippen LogP contribution in [-0.4, -0.2) is 9.97 Å². The van der Waals surface area contributed by atoms with Crippen molar-refractivity contribution in [1.29, 1.82) is 0 Å². The van der Waals surface area contributed by atoms with Gasteiger partial charge < -0.3 is 11.1 Å². The van der Waals surface area contributed by atoms with E-state index >= 15 is 0 Å². The molecule has 0 saturated heterocycles. The second kappa shape index (κ2) is 5.82.